The number of rotatable bonds is 6. The van der Waals surface area contributed by atoms with Gasteiger partial charge >= 0.3 is 0 Å². The highest BCUT2D eigenvalue weighted by atomic mass is 35.5. The van der Waals surface area contributed by atoms with Crippen molar-refractivity contribution in [3.63, 3.8) is 0 Å². The Morgan fingerprint density at radius 3 is 2.47 bits per heavy atom. The zero-order valence-corrected chi connectivity index (χ0v) is 22.5. The van der Waals surface area contributed by atoms with Crippen molar-refractivity contribution in [2.75, 3.05) is 19.6 Å². The first kappa shape index (κ1) is 25.5. The van der Waals surface area contributed by atoms with Crippen LogP contribution in [0.1, 0.15) is 42.9 Å². The average molecular weight is 552 g/mol. The van der Waals surface area contributed by atoms with Crippen LogP contribution in [-0.4, -0.2) is 55.1 Å². The summed E-state index contributed by atoms with van der Waals surface area (Å²) < 4.78 is 29.2. The molecule has 3 aliphatic heterocycles. The smallest absolute Gasteiger partial charge is 0.244 e. The topological polar surface area (TPSA) is 86.8 Å². The predicted octanol–water partition coefficient (Wildman–Crippen LogP) is 4.06. The van der Waals surface area contributed by atoms with E-state index < -0.39 is 10.0 Å². The fraction of sp³-hybridized carbons (Fsp3) is 0.379. The van der Waals surface area contributed by atoms with Gasteiger partial charge in [-0.2, -0.15) is 4.31 Å². The molecule has 9 heteroatoms. The summed E-state index contributed by atoms with van der Waals surface area (Å²) in [6.07, 6.45) is 8.82. The molecular formula is C29H30ClN3O4S. The van der Waals surface area contributed by atoms with Gasteiger partial charge in [-0.1, -0.05) is 65.7 Å². The van der Waals surface area contributed by atoms with Crippen molar-refractivity contribution in [1.82, 2.24) is 14.5 Å². The number of hydrogen-bond acceptors (Lipinski definition) is 5. The minimum atomic E-state index is -3.62. The van der Waals surface area contributed by atoms with Crippen LogP contribution in [0.15, 0.2) is 77.2 Å². The number of hydrogen-bond donors (Lipinski definition) is 1. The van der Waals surface area contributed by atoms with Gasteiger partial charge in [0.1, 0.15) is 0 Å². The molecule has 2 amide bonds. The van der Waals surface area contributed by atoms with Crippen LogP contribution < -0.4 is 5.32 Å². The van der Waals surface area contributed by atoms with Crippen LogP contribution in [0.4, 0.5) is 0 Å². The van der Waals surface area contributed by atoms with Crippen LogP contribution in [0.2, 0.25) is 5.02 Å². The fourth-order valence-corrected chi connectivity index (χ4v) is 8.65. The predicted molar refractivity (Wildman–Crippen MR) is 145 cm³/mol. The van der Waals surface area contributed by atoms with Gasteiger partial charge in [0.25, 0.3) is 0 Å². The van der Waals surface area contributed by atoms with Crippen molar-refractivity contribution < 1.29 is 18.0 Å². The van der Waals surface area contributed by atoms with Gasteiger partial charge in [-0.05, 0) is 74.6 Å². The normalized spacial score (nSPS) is 27.2. The van der Waals surface area contributed by atoms with E-state index in [2.05, 4.69) is 10.2 Å². The van der Waals surface area contributed by atoms with Crippen LogP contribution in [0, 0.1) is 11.8 Å². The second-order valence-corrected chi connectivity index (χ2v) is 12.7. The van der Waals surface area contributed by atoms with Crippen molar-refractivity contribution in [1.29, 1.82) is 0 Å². The summed E-state index contributed by atoms with van der Waals surface area (Å²) in [7, 11) is -3.62. The number of carbonyl (C=O) groups excluding carboxylic acids is 2. The number of amides is 2. The van der Waals surface area contributed by atoms with E-state index in [1.165, 1.54) is 0 Å². The van der Waals surface area contributed by atoms with Crippen LogP contribution in [-0.2, 0) is 19.6 Å². The molecule has 2 fully saturated rings. The lowest BCUT2D eigenvalue weighted by molar-refractivity contribution is -0.125. The van der Waals surface area contributed by atoms with Crippen molar-refractivity contribution >= 4 is 33.4 Å². The van der Waals surface area contributed by atoms with E-state index >= 15 is 0 Å². The van der Waals surface area contributed by atoms with E-state index in [0.717, 1.165) is 62.0 Å². The summed E-state index contributed by atoms with van der Waals surface area (Å²) in [5, 5.41) is 3.07. The molecule has 3 unspecified atom stereocenters. The van der Waals surface area contributed by atoms with Crippen molar-refractivity contribution in [2.24, 2.45) is 11.8 Å². The number of nitrogens with one attached hydrogen (secondary N) is 1. The Morgan fingerprint density at radius 1 is 0.974 bits per heavy atom. The Hall–Kier alpha value is -2.78. The number of halogens is 1. The minimum absolute atomic E-state index is 0.0931. The van der Waals surface area contributed by atoms with Gasteiger partial charge < -0.3 is 4.90 Å². The standard InChI is InChI=1S/C29H30ClN3O4S/c30-21-12-10-20(11-13-21)27-23-7-1-2-9-25(23)38(36,37)33(27)22-14-17-32(18-15-22)16-4-6-19-5-3-8-24-26(19)29(35)31-28(24)34/h1-3,5,7-13,22,24,26-27H,4,6,14-18H2,(H,31,34,35). The number of sulfonamides is 1. The average Bonchev–Trinajstić information content (AvgIpc) is 3.35. The third-order valence-corrected chi connectivity index (χ3v) is 10.5. The van der Waals surface area contributed by atoms with Crippen LogP contribution >= 0.6 is 11.6 Å². The van der Waals surface area contributed by atoms with Gasteiger partial charge in [0.2, 0.25) is 21.8 Å². The monoisotopic (exact) mass is 551 g/mol. The molecule has 2 saturated heterocycles. The molecule has 1 aliphatic carbocycles. The summed E-state index contributed by atoms with van der Waals surface area (Å²) >= 11 is 6.13. The molecule has 0 bridgehead atoms. The zero-order valence-electron chi connectivity index (χ0n) is 20.9. The molecule has 6 rings (SSSR count). The summed E-state index contributed by atoms with van der Waals surface area (Å²) in [6, 6.07) is 14.3. The minimum Gasteiger partial charge on any atom is -0.303 e. The molecule has 2 aromatic carbocycles. The molecule has 4 aliphatic rings. The molecular weight excluding hydrogens is 522 g/mol. The largest absolute Gasteiger partial charge is 0.303 e. The quantitative estimate of drug-likeness (QED) is 0.547. The maximum atomic E-state index is 13.7. The number of nitrogens with zero attached hydrogens (tertiary/aromatic N) is 2. The number of piperidine rings is 1. The number of likely N-dealkylation sites (tertiary alicyclic amines) is 1. The van der Waals surface area contributed by atoms with Gasteiger partial charge in [-0.25, -0.2) is 8.42 Å². The zero-order chi connectivity index (χ0) is 26.4. The first-order valence-electron chi connectivity index (χ1n) is 13.2. The molecule has 0 radical (unpaired) electrons. The van der Waals surface area contributed by atoms with E-state index in [4.69, 9.17) is 11.6 Å². The molecule has 3 heterocycles. The molecule has 38 heavy (non-hydrogen) atoms. The molecule has 7 nitrogen and oxygen atoms in total. The summed E-state index contributed by atoms with van der Waals surface area (Å²) in [5.41, 5.74) is 2.76. The summed E-state index contributed by atoms with van der Waals surface area (Å²) in [5.74, 6) is -1.15. The Morgan fingerprint density at radius 2 is 1.71 bits per heavy atom. The van der Waals surface area contributed by atoms with E-state index in [-0.39, 0.29) is 35.7 Å². The van der Waals surface area contributed by atoms with Gasteiger partial charge in [-0.15, -0.1) is 0 Å². The molecule has 198 valence electrons. The van der Waals surface area contributed by atoms with E-state index in [9.17, 15) is 18.0 Å². The summed E-state index contributed by atoms with van der Waals surface area (Å²) in [6.45, 7) is 2.49. The second-order valence-electron chi connectivity index (χ2n) is 10.5. The molecule has 1 N–H and O–H groups in total. The van der Waals surface area contributed by atoms with Crippen LogP contribution in [0.5, 0.6) is 0 Å². The first-order chi connectivity index (χ1) is 18.3. The van der Waals surface area contributed by atoms with Crippen LogP contribution in [0.25, 0.3) is 0 Å². The number of carbonyl (C=O) groups is 2. The van der Waals surface area contributed by atoms with Crippen molar-refractivity contribution in [3.05, 3.63) is 88.5 Å². The van der Waals surface area contributed by atoms with Crippen molar-refractivity contribution in [3.8, 4) is 0 Å². The van der Waals surface area contributed by atoms with E-state index in [1.807, 2.05) is 48.6 Å². The van der Waals surface area contributed by atoms with E-state index in [1.54, 1.807) is 22.5 Å². The van der Waals surface area contributed by atoms with Crippen LogP contribution in [0.3, 0.4) is 0 Å². The lowest BCUT2D eigenvalue weighted by Crippen LogP contribution is -2.46. The third-order valence-electron chi connectivity index (χ3n) is 8.29. The van der Waals surface area contributed by atoms with Gasteiger partial charge in [-0.3, -0.25) is 14.9 Å². The number of imide groups is 1. The number of benzene rings is 2. The molecule has 0 spiro atoms. The van der Waals surface area contributed by atoms with Gasteiger partial charge in [0.05, 0.1) is 22.8 Å². The Labute approximate surface area is 228 Å². The SMILES string of the molecule is O=C1NC(=O)C2C(CCCN3CCC(N4C(c5ccc(Cl)cc5)c5ccccc5S4(=O)=O)CC3)=CC=CC12. The highest BCUT2D eigenvalue weighted by Gasteiger charge is 2.47. The number of fused-ring (bicyclic) bond motifs is 2. The first-order valence-corrected chi connectivity index (χ1v) is 15.0. The van der Waals surface area contributed by atoms with Crippen molar-refractivity contribution in [2.45, 2.75) is 42.7 Å². The number of allylic oxidation sites excluding steroid dienone is 2. The Kier molecular flexibility index (Phi) is 6.76. The molecule has 0 aromatic heterocycles. The molecule has 0 saturated carbocycles. The highest BCUT2D eigenvalue weighted by Crippen LogP contribution is 2.46. The summed E-state index contributed by atoms with van der Waals surface area (Å²) in [4.78, 5) is 27.0. The maximum Gasteiger partial charge on any atom is 0.244 e. The highest BCUT2D eigenvalue weighted by molar-refractivity contribution is 7.89. The fourth-order valence-electron chi connectivity index (χ4n) is 6.45. The lowest BCUT2D eigenvalue weighted by atomic mass is 9.82. The molecule has 3 atom stereocenters. The van der Waals surface area contributed by atoms with Gasteiger partial charge in [0, 0.05) is 11.1 Å². The van der Waals surface area contributed by atoms with E-state index in [0.29, 0.717) is 9.92 Å². The third kappa shape index (κ3) is 4.43. The Bertz CT molecular complexity index is 1430. The lowest BCUT2D eigenvalue weighted by Gasteiger charge is -2.38. The second kappa shape index (κ2) is 10.1. The molecule has 2 aromatic rings. The Balaban J connectivity index is 1.12. The van der Waals surface area contributed by atoms with Gasteiger partial charge in [0.15, 0.2) is 0 Å². The maximum absolute atomic E-state index is 13.7.